The highest BCUT2D eigenvalue weighted by atomic mass is 16.1. The fourth-order valence-electron chi connectivity index (χ4n) is 4.93. The summed E-state index contributed by atoms with van der Waals surface area (Å²) in [5, 5.41) is 4.13. The number of para-hydroxylation sites is 1. The molecule has 0 spiro atoms. The van der Waals surface area contributed by atoms with Crippen LogP contribution in [0.5, 0.6) is 0 Å². The maximum absolute atomic E-state index is 12.8. The van der Waals surface area contributed by atoms with E-state index in [4.69, 9.17) is 4.98 Å². The van der Waals surface area contributed by atoms with Gasteiger partial charge in [0.05, 0.1) is 17.4 Å². The lowest BCUT2D eigenvalue weighted by molar-refractivity contribution is -0.116. The number of unbranched alkanes of at least 4 members (excludes halogenated alkanes) is 2. The monoisotopic (exact) mass is 523 g/mol. The van der Waals surface area contributed by atoms with Crippen molar-refractivity contribution in [3.63, 3.8) is 0 Å². The Labute approximate surface area is 229 Å². The van der Waals surface area contributed by atoms with Gasteiger partial charge in [-0.05, 0) is 98.6 Å². The molecule has 2 heterocycles. The van der Waals surface area contributed by atoms with Crippen molar-refractivity contribution in [2.45, 2.75) is 58.9 Å². The molecule has 8 nitrogen and oxygen atoms in total. The Morgan fingerprint density at radius 2 is 1.55 bits per heavy atom. The topological polar surface area (TPSA) is 69.5 Å². The first-order valence-electron chi connectivity index (χ1n) is 14.3. The molecule has 0 aliphatic carbocycles. The molecule has 0 saturated carbocycles. The molecule has 0 saturated heterocycles. The Morgan fingerprint density at radius 1 is 0.895 bits per heavy atom. The zero-order valence-corrected chi connectivity index (χ0v) is 24.5. The van der Waals surface area contributed by atoms with Crippen LogP contribution in [0.1, 0.15) is 52.4 Å². The molecule has 0 radical (unpaired) electrons. The standard InChI is InChI=1S/C30H49N7O/c1-24(2)22-37-23-31-28-29(37)25-14-9-10-15-26(25)32-30(28)33-27(38)16-8-7-11-18-35(5)20-13-21-36(6)19-12-17-34(3)4/h9-10,14-15,23-24H,7-8,11-13,16-22H2,1-6H3,(H,32,33,38). The predicted molar refractivity (Wildman–Crippen MR) is 160 cm³/mol. The molecule has 2 aromatic heterocycles. The van der Waals surface area contributed by atoms with E-state index in [1.54, 1.807) is 0 Å². The number of nitrogens with one attached hydrogen (secondary N) is 1. The van der Waals surface area contributed by atoms with Crippen LogP contribution < -0.4 is 5.32 Å². The summed E-state index contributed by atoms with van der Waals surface area (Å²) in [6, 6.07) is 8.09. The van der Waals surface area contributed by atoms with Gasteiger partial charge in [0.1, 0.15) is 5.52 Å². The molecule has 0 unspecified atom stereocenters. The highest BCUT2D eigenvalue weighted by Crippen LogP contribution is 2.29. The van der Waals surface area contributed by atoms with E-state index in [1.807, 2.05) is 24.5 Å². The van der Waals surface area contributed by atoms with Crippen LogP contribution in [0.3, 0.4) is 0 Å². The zero-order chi connectivity index (χ0) is 27.5. The third-order valence-electron chi connectivity index (χ3n) is 6.94. The maximum Gasteiger partial charge on any atom is 0.225 e. The summed E-state index contributed by atoms with van der Waals surface area (Å²) in [6.07, 6.45) is 7.82. The Hall–Kier alpha value is -2.55. The number of anilines is 1. The second-order valence-corrected chi connectivity index (χ2v) is 11.4. The van der Waals surface area contributed by atoms with Gasteiger partial charge in [0.15, 0.2) is 5.82 Å². The number of pyridine rings is 1. The number of hydrogen-bond acceptors (Lipinski definition) is 6. The van der Waals surface area contributed by atoms with Gasteiger partial charge in [-0.25, -0.2) is 9.97 Å². The number of imidazole rings is 1. The van der Waals surface area contributed by atoms with Crippen molar-refractivity contribution in [1.29, 1.82) is 0 Å². The van der Waals surface area contributed by atoms with Gasteiger partial charge in [0.25, 0.3) is 0 Å². The summed E-state index contributed by atoms with van der Waals surface area (Å²) < 4.78 is 2.18. The van der Waals surface area contributed by atoms with Crippen LogP contribution in [0.25, 0.3) is 21.9 Å². The molecule has 8 heteroatoms. The second kappa shape index (κ2) is 15.1. The van der Waals surface area contributed by atoms with Crippen LogP contribution >= 0.6 is 0 Å². The van der Waals surface area contributed by atoms with Crippen LogP contribution in [-0.4, -0.2) is 96.1 Å². The van der Waals surface area contributed by atoms with Gasteiger partial charge in [0, 0.05) is 18.4 Å². The Morgan fingerprint density at radius 3 is 2.24 bits per heavy atom. The van der Waals surface area contributed by atoms with Crippen molar-refractivity contribution in [3.8, 4) is 0 Å². The molecule has 1 N–H and O–H groups in total. The van der Waals surface area contributed by atoms with Crippen LogP contribution in [0, 0.1) is 5.92 Å². The average Bonchev–Trinajstić information content (AvgIpc) is 3.27. The minimum atomic E-state index is 0.0122. The van der Waals surface area contributed by atoms with E-state index in [-0.39, 0.29) is 5.91 Å². The first kappa shape index (κ1) is 30.0. The van der Waals surface area contributed by atoms with Gasteiger partial charge in [0.2, 0.25) is 5.91 Å². The molecule has 0 fully saturated rings. The Balaban J connectivity index is 1.40. The van der Waals surface area contributed by atoms with E-state index in [0.29, 0.717) is 18.2 Å². The van der Waals surface area contributed by atoms with Gasteiger partial charge < -0.3 is 24.6 Å². The van der Waals surface area contributed by atoms with Crippen molar-refractivity contribution in [2.75, 3.05) is 66.2 Å². The lowest BCUT2D eigenvalue weighted by Crippen LogP contribution is -2.28. The van der Waals surface area contributed by atoms with Gasteiger partial charge in [-0.1, -0.05) is 38.5 Å². The van der Waals surface area contributed by atoms with Gasteiger partial charge in [-0.15, -0.1) is 0 Å². The summed E-state index contributed by atoms with van der Waals surface area (Å²) in [4.78, 5) is 29.3. The quantitative estimate of drug-likeness (QED) is 0.253. The summed E-state index contributed by atoms with van der Waals surface area (Å²) in [6.45, 7) is 10.9. The number of hydrogen-bond donors (Lipinski definition) is 1. The number of aromatic nitrogens is 3. The van der Waals surface area contributed by atoms with Crippen molar-refractivity contribution in [2.24, 2.45) is 5.92 Å². The minimum absolute atomic E-state index is 0.0122. The first-order chi connectivity index (χ1) is 18.2. The molecule has 0 aliphatic rings. The summed E-state index contributed by atoms with van der Waals surface area (Å²) in [5.41, 5.74) is 2.69. The molecule has 3 rings (SSSR count). The number of nitrogens with zero attached hydrogens (tertiary/aromatic N) is 6. The SMILES string of the molecule is CC(C)Cn1cnc2c(NC(=O)CCCCCN(C)CCCN(C)CCCN(C)C)nc3ccccc3c21. The summed E-state index contributed by atoms with van der Waals surface area (Å²) >= 11 is 0. The number of rotatable bonds is 17. The molecule has 3 aromatic rings. The summed E-state index contributed by atoms with van der Waals surface area (Å²) in [7, 11) is 8.68. The number of carbonyl (C=O) groups is 1. The maximum atomic E-state index is 12.8. The average molecular weight is 524 g/mol. The van der Waals surface area contributed by atoms with Gasteiger partial charge in [-0.2, -0.15) is 0 Å². The highest BCUT2D eigenvalue weighted by molar-refractivity contribution is 6.09. The highest BCUT2D eigenvalue weighted by Gasteiger charge is 2.16. The van der Waals surface area contributed by atoms with Crippen LogP contribution in [0.15, 0.2) is 30.6 Å². The Bertz CT molecular complexity index is 1140. The van der Waals surface area contributed by atoms with Crippen molar-refractivity contribution in [1.82, 2.24) is 29.2 Å². The normalized spacial score (nSPS) is 12.2. The fourth-order valence-corrected chi connectivity index (χ4v) is 4.93. The van der Waals surface area contributed by atoms with E-state index in [0.717, 1.165) is 80.5 Å². The van der Waals surface area contributed by atoms with Crippen molar-refractivity contribution >= 4 is 33.7 Å². The van der Waals surface area contributed by atoms with E-state index < -0.39 is 0 Å². The number of benzene rings is 1. The number of amides is 1. The third-order valence-corrected chi connectivity index (χ3v) is 6.94. The molecule has 0 aliphatic heterocycles. The molecule has 1 aromatic carbocycles. The van der Waals surface area contributed by atoms with Gasteiger partial charge in [-0.3, -0.25) is 4.79 Å². The lowest BCUT2D eigenvalue weighted by Gasteiger charge is -2.21. The smallest absolute Gasteiger partial charge is 0.225 e. The molecule has 0 bridgehead atoms. The molecule has 1 amide bonds. The molecular formula is C30H49N7O. The van der Waals surface area contributed by atoms with E-state index in [2.05, 4.69) is 77.7 Å². The number of carbonyl (C=O) groups excluding carboxylic acids is 1. The van der Waals surface area contributed by atoms with E-state index in [9.17, 15) is 4.79 Å². The molecule has 0 atom stereocenters. The van der Waals surface area contributed by atoms with E-state index >= 15 is 0 Å². The minimum Gasteiger partial charge on any atom is -0.330 e. The van der Waals surface area contributed by atoms with Crippen LogP contribution in [-0.2, 0) is 11.3 Å². The lowest BCUT2D eigenvalue weighted by atomic mass is 10.1. The Kier molecular flexibility index (Phi) is 12.0. The predicted octanol–water partition coefficient (Wildman–Crippen LogP) is 4.94. The van der Waals surface area contributed by atoms with Crippen molar-refractivity contribution in [3.05, 3.63) is 30.6 Å². The number of fused-ring (bicyclic) bond motifs is 3. The fraction of sp³-hybridized carbons (Fsp3) is 0.633. The van der Waals surface area contributed by atoms with Gasteiger partial charge >= 0.3 is 0 Å². The van der Waals surface area contributed by atoms with Crippen LogP contribution in [0.4, 0.5) is 5.82 Å². The largest absolute Gasteiger partial charge is 0.330 e. The molecule has 38 heavy (non-hydrogen) atoms. The van der Waals surface area contributed by atoms with Crippen molar-refractivity contribution < 1.29 is 4.79 Å². The zero-order valence-electron chi connectivity index (χ0n) is 24.5. The summed E-state index contributed by atoms with van der Waals surface area (Å²) in [5.74, 6) is 1.08. The molecular weight excluding hydrogens is 474 g/mol. The van der Waals surface area contributed by atoms with Crippen LogP contribution in [0.2, 0.25) is 0 Å². The first-order valence-corrected chi connectivity index (χ1v) is 14.3. The second-order valence-electron chi connectivity index (χ2n) is 11.4. The third kappa shape index (κ3) is 9.33. The van der Waals surface area contributed by atoms with E-state index in [1.165, 1.54) is 12.8 Å². The molecule has 210 valence electrons.